The van der Waals surface area contributed by atoms with Crippen LogP contribution in [0.2, 0.25) is 0 Å². The van der Waals surface area contributed by atoms with Crippen molar-refractivity contribution in [3.05, 3.63) is 48.6 Å². The van der Waals surface area contributed by atoms with E-state index in [4.69, 9.17) is 9.47 Å². The standard InChI is InChI=1S/C18H25NO4/c1-6-18(4,5)23-16(20)15(13(2)3)19-17(21)22-12-14-10-8-7-9-11-14/h6-11,13,15H,1,12H2,2-5H3,(H,19,21)/t15-/m0/s1. The molecule has 0 aliphatic heterocycles. The predicted octanol–water partition coefficient (Wildman–Crippen LogP) is 3.45. The molecule has 0 aromatic heterocycles. The third-order valence-electron chi connectivity index (χ3n) is 3.26. The number of hydrogen-bond acceptors (Lipinski definition) is 4. The Labute approximate surface area is 137 Å². The summed E-state index contributed by atoms with van der Waals surface area (Å²) in [5.74, 6) is -0.644. The molecule has 5 nitrogen and oxygen atoms in total. The van der Waals surface area contributed by atoms with Crippen molar-refractivity contribution in [2.24, 2.45) is 5.92 Å². The highest BCUT2D eigenvalue weighted by atomic mass is 16.6. The zero-order chi connectivity index (χ0) is 17.5. The fraction of sp³-hybridized carbons (Fsp3) is 0.444. The first-order valence-corrected chi connectivity index (χ1v) is 7.59. The molecule has 0 saturated carbocycles. The lowest BCUT2D eigenvalue weighted by molar-refractivity contribution is -0.156. The van der Waals surface area contributed by atoms with E-state index < -0.39 is 23.7 Å². The summed E-state index contributed by atoms with van der Waals surface area (Å²) in [4.78, 5) is 24.1. The van der Waals surface area contributed by atoms with E-state index in [1.807, 2.05) is 44.2 Å². The summed E-state index contributed by atoms with van der Waals surface area (Å²) in [5, 5.41) is 2.56. The van der Waals surface area contributed by atoms with Crippen molar-refractivity contribution < 1.29 is 19.1 Å². The molecule has 1 aromatic carbocycles. The summed E-state index contributed by atoms with van der Waals surface area (Å²) in [5.41, 5.74) is 0.0824. The van der Waals surface area contributed by atoms with E-state index in [-0.39, 0.29) is 12.5 Å². The third-order valence-corrected chi connectivity index (χ3v) is 3.26. The van der Waals surface area contributed by atoms with Gasteiger partial charge in [-0.25, -0.2) is 9.59 Å². The molecule has 5 heteroatoms. The van der Waals surface area contributed by atoms with Crippen molar-refractivity contribution >= 4 is 12.1 Å². The lowest BCUT2D eigenvalue weighted by atomic mass is 10.0. The molecule has 0 heterocycles. The molecule has 126 valence electrons. The minimum absolute atomic E-state index is 0.132. The number of carbonyl (C=O) groups is 2. The van der Waals surface area contributed by atoms with Gasteiger partial charge in [-0.15, -0.1) is 0 Å². The highest BCUT2D eigenvalue weighted by Gasteiger charge is 2.30. The van der Waals surface area contributed by atoms with Crippen molar-refractivity contribution in [2.45, 2.75) is 45.9 Å². The van der Waals surface area contributed by atoms with Gasteiger partial charge in [0.15, 0.2) is 0 Å². The van der Waals surface area contributed by atoms with E-state index in [1.165, 1.54) is 6.08 Å². The zero-order valence-corrected chi connectivity index (χ0v) is 14.2. The van der Waals surface area contributed by atoms with Crippen LogP contribution in [0.4, 0.5) is 4.79 Å². The monoisotopic (exact) mass is 319 g/mol. The van der Waals surface area contributed by atoms with Gasteiger partial charge >= 0.3 is 12.1 Å². The lowest BCUT2D eigenvalue weighted by Gasteiger charge is -2.26. The topological polar surface area (TPSA) is 64.6 Å². The number of hydrogen-bond donors (Lipinski definition) is 1. The SMILES string of the molecule is C=CC(C)(C)OC(=O)[C@@H](NC(=O)OCc1ccccc1)C(C)C. The first kappa shape index (κ1) is 18.7. The normalized spacial score (nSPS) is 12.4. The first-order valence-electron chi connectivity index (χ1n) is 7.59. The minimum atomic E-state index is -0.792. The van der Waals surface area contributed by atoms with Crippen LogP contribution in [0.15, 0.2) is 43.0 Å². The van der Waals surface area contributed by atoms with E-state index in [0.29, 0.717) is 0 Å². The average Bonchev–Trinajstić information content (AvgIpc) is 2.50. The van der Waals surface area contributed by atoms with Crippen molar-refractivity contribution in [1.82, 2.24) is 5.32 Å². The maximum Gasteiger partial charge on any atom is 0.408 e. The largest absolute Gasteiger partial charge is 0.454 e. The summed E-state index contributed by atoms with van der Waals surface area (Å²) in [6.07, 6.45) is 0.886. The van der Waals surface area contributed by atoms with Crippen LogP contribution in [0.1, 0.15) is 33.3 Å². The number of amides is 1. The van der Waals surface area contributed by atoms with E-state index in [0.717, 1.165) is 5.56 Å². The van der Waals surface area contributed by atoms with E-state index >= 15 is 0 Å². The quantitative estimate of drug-likeness (QED) is 0.617. The zero-order valence-electron chi connectivity index (χ0n) is 14.2. The Hall–Kier alpha value is -2.30. The van der Waals surface area contributed by atoms with Gasteiger partial charge in [-0.3, -0.25) is 0 Å². The predicted molar refractivity (Wildman–Crippen MR) is 88.8 cm³/mol. The number of nitrogens with one attached hydrogen (secondary N) is 1. The number of alkyl carbamates (subject to hydrolysis) is 1. The molecule has 1 atom stereocenters. The van der Waals surface area contributed by atoms with Crippen LogP contribution in [0.3, 0.4) is 0 Å². The van der Waals surface area contributed by atoms with Gasteiger partial charge in [-0.2, -0.15) is 0 Å². The maximum atomic E-state index is 12.2. The van der Waals surface area contributed by atoms with Crippen molar-refractivity contribution in [1.29, 1.82) is 0 Å². The van der Waals surface area contributed by atoms with Crippen LogP contribution in [0, 0.1) is 5.92 Å². The third kappa shape index (κ3) is 6.55. The minimum Gasteiger partial charge on any atom is -0.454 e. The summed E-state index contributed by atoms with van der Waals surface area (Å²) >= 11 is 0. The number of rotatable bonds is 7. The van der Waals surface area contributed by atoms with Gasteiger partial charge in [0.1, 0.15) is 18.2 Å². The summed E-state index contributed by atoms with van der Waals surface area (Å²) < 4.78 is 10.5. The highest BCUT2D eigenvalue weighted by molar-refractivity contribution is 5.82. The van der Waals surface area contributed by atoms with Crippen molar-refractivity contribution in [3.63, 3.8) is 0 Å². The molecular weight excluding hydrogens is 294 g/mol. The van der Waals surface area contributed by atoms with Gasteiger partial charge in [0, 0.05) is 0 Å². The van der Waals surface area contributed by atoms with E-state index in [1.54, 1.807) is 13.8 Å². The second-order valence-corrected chi connectivity index (χ2v) is 6.16. The maximum absolute atomic E-state index is 12.2. The molecule has 23 heavy (non-hydrogen) atoms. The fourth-order valence-electron chi connectivity index (χ4n) is 1.75. The number of ether oxygens (including phenoxy) is 2. The Balaban J connectivity index is 2.59. The molecule has 0 radical (unpaired) electrons. The Kier molecular flexibility index (Phi) is 6.82. The van der Waals surface area contributed by atoms with Crippen molar-refractivity contribution in [2.75, 3.05) is 0 Å². The Bertz CT molecular complexity index is 537. The number of carbonyl (C=O) groups excluding carboxylic acids is 2. The van der Waals surface area contributed by atoms with Gasteiger partial charge in [0.05, 0.1) is 0 Å². The van der Waals surface area contributed by atoms with Gasteiger partial charge in [0.2, 0.25) is 0 Å². The molecule has 1 rings (SSSR count). The van der Waals surface area contributed by atoms with Crippen LogP contribution in [-0.4, -0.2) is 23.7 Å². The highest BCUT2D eigenvalue weighted by Crippen LogP contribution is 2.14. The molecule has 0 fully saturated rings. The van der Waals surface area contributed by atoms with E-state index in [9.17, 15) is 9.59 Å². The smallest absolute Gasteiger partial charge is 0.408 e. The Morgan fingerprint density at radius 3 is 2.39 bits per heavy atom. The van der Waals surface area contributed by atoms with Gasteiger partial charge in [-0.05, 0) is 31.4 Å². The van der Waals surface area contributed by atoms with Crippen molar-refractivity contribution in [3.8, 4) is 0 Å². The molecule has 0 saturated heterocycles. The Morgan fingerprint density at radius 2 is 1.87 bits per heavy atom. The molecule has 1 aromatic rings. The summed E-state index contributed by atoms with van der Waals surface area (Å²) in [7, 11) is 0. The molecule has 1 amide bonds. The van der Waals surface area contributed by atoms with Crippen LogP contribution in [0.5, 0.6) is 0 Å². The van der Waals surface area contributed by atoms with Gasteiger partial charge in [-0.1, -0.05) is 50.8 Å². The molecule has 0 spiro atoms. The van der Waals surface area contributed by atoms with Crippen LogP contribution in [-0.2, 0) is 20.9 Å². The fourth-order valence-corrected chi connectivity index (χ4v) is 1.75. The van der Waals surface area contributed by atoms with E-state index in [2.05, 4.69) is 11.9 Å². The molecular formula is C18H25NO4. The van der Waals surface area contributed by atoms with Crippen LogP contribution in [0.25, 0.3) is 0 Å². The summed E-state index contributed by atoms with van der Waals surface area (Å²) in [6, 6.07) is 8.54. The lowest BCUT2D eigenvalue weighted by Crippen LogP contribution is -2.47. The molecule has 0 bridgehead atoms. The summed E-state index contributed by atoms with van der Waals surface area (Å²) in [6.45, 7) is 10.9. The Morgan fingerprint density at radius 1 is 1.26 bits per heavy atom. The molecule has 1 N–H and O–H groups in total. The van der Waals surface area contributed by atoms with Gasteiger partial charge in [0.25, 0.3) is 0 Å². The molecule has 0 aliphatic rings. The van der Waals surface area contributed by atoms with Crippen LogP contribution >= 0.6 is 0 Å². The first-order chi connectivity index (χ1) is 10.7. The number of esters is 1. The van der Waals surface area contributed by atoms with Gasteiger partial charge < -0.3 is 14.8 Å². The average molecular weight is 319 g/mol. The molecule has 0 aliphatic carbocycles. The number of benzene rings is 1. The van der Waals surface area contributed by atoms with Crippen LogP contribution < -0.4 is 5.32 Å². The molecule has 0 unspecified atom stereocenters. The second kappa shape index (κ2) is 8.36. The second-order valence-electron chi connectivity index (χ2n) is 6.16.